The molecule has 0 fully saturated rings. The van der Waals surface area contributed by atoms with E-state index in [0.717, 1.165) is 17.7 Å². The van der Waals surface area contributed by atoms with Crippen LogP contribution >= 0.6 is 0 Å². The van der Waals surface area contributed by atoms with Gasteiger partial charge in [0.15, 0.2) is 0 Å². The number of amides is 1. The molecule has 0 saturated heterocycles. The lowest BCUT2D eigenvalue weighted by Gasteiger charge is -2.09. The van der Waals surface area contributed by atoms with Crippen molar-refractivity contribution in [2.24, 2.45) is 0 Å². The number of para-hydroxylation sites is 1. The standard InChI is InChI=1S/C16H20N4O2/c1-3-12-6-4-5-7-14(12)20-15(21)13-10-18-16(19-11-13)17-8-9-22-2/h4-7,10-11H,3,8-9H2,1-2H3,(H,20,21)(H,17,18,19). The number of hydrogen-bond donors (Lipinski definition) is 2. The molecular weight excluding hydrogens is 280 g/mol. The van der Waals surface area contributed by atoms with Crippen LogP contribution < -0.4 is 10.6 Å². The van der Waals surface area contributed by atoms with Crippen LogP contribution in [-0.4, -0.2) is 36.1 Å². The molecule has 1 aromatic carbocycles. The van der Waals surface area contributed by atoms with E-state index in [2.05, 4.69) is 27.5 Å². The van der Waals surface area contributed by atoms with E-state index in [1.807, 2.05) is 24.3 Å². The Hall–Kier alpha value is -2.47. The third kappa shape index (κ3) is 4.26. The van der Waals surface area contributed by atoms with Gasteiger partial charge >= 0.3 is 0 Å². The van der Waals surface area contributed by atoms with Crippen LogP contribution in [0.15, 0.2) is 36.7 Å². The van der Waals surface area contributed by atoms with Crippen molar-refractivity contribution >= 4 is 17.5 Å². The van der Waals surface area contributed by atoms with Crippen molar-refractivity contribution in [2.45, 2.75) is 13.3 Å². The summed E-state index contributed by atoms with van der Waals surface area (Å²) in [6, 6.07) is 7.74. The minimum Gasteiger partial charge on any atom is -0.383 e. The summed E-state index contributed by atoms with van der Waals surface area (Å²) in [5.74, 6) is 0.256. The number of rotatable bonds is 7. The Labute approximate surface area is 129 Å². The first-order valence-corrected chi connectivity index (χ1v) is 7.18. The Morgan fingerprint density at radius 3 is 2.64 bits per heavy atom. The van der Waals surface area contributed by atoms with Crippen molar-refractivity contribution in [3.05, 3.63) is 47.8 Å². The second-order valence-electron chi connectivity index (χ2n) is 4.68. The van der Waals surface area contributed by atoms with E-state index in [0.29, 0.717) is 24.7 Å². The molecule has 0 aliphatic carbocycles. The maximum absolute atomic E-state index is 12.2. The van der Waals surface area contributed by atoms with Crippen LogP contribution in [0, 0.1) is 0 Å². The van der Waals surface area contributed by atoms with Gasteiger partial charge in [0.1, 0.15) is 0 Å². The number of ether oxygens (including phenoxy) is 1. The lowest BCUT2D eigenvalue weighted by molar-refractivity contribution is 0.102. The highest BCUT2D eigenvalue weighted by molar-refractivity contribution is 6.04. The van der Waals surface area contributed by atoms with Crippen LogP contribution in [0.1, 0.15) is 22.8 Å². The zero-order valence-corrected chi connectivity index (χ0v) is 12.8. The van der Waals surface area contributed by atoms with Gasteiger partial charge in [0.2, 0.25) is 5.95 Å². The summed E-state index contributed by atoms with van der Waals surface area (Å²) in [5.41, 5.74) is 2.33. The van der Waals surface area contributed by atoms with Crippen LogP contribution in [0.4, 0.5) is 11.6 Å². The molecule has 0 saturated carbocycles. The molecule has 1 amide bonds. The number of methoxy groups -OCH3 is 1. The number of carbonyl (C=O) groups excluding carboxylic acids is 1. The smallest absolute Gasteiger partial charge is 0.258 e. The zero-order valence-electron chi connectivity index (χ0n) is 12.8. The van der Waals surface area contributed by atoms with Crippen molar-refractivity contribution < 1.29 is 9.53 Å². The highest BCUT2D eigenvalue weighted by Gasteiger charge is 2.09. The van der Waals surface area contributed by atoms with Gasteiger partial charge in [-0.15, -0.1) is 0 Å². The highest BCUT2D eigenvalue weighted by Crippen LogP contribution is 2.16. The molecule has 1 heterocycles. The van der Waals surface area contributed by atoms with Gasteiger partial charge in [-0.3, -0.25) is 4.79 Å². The van der Waals surface area contributed by atoms with E-state index in [-0.39, 0.29) is 5.91 Å². The summed E-state index contributed by atoms with van der Waals surface area (Å²) in [6.45, 7) is 3.24. The summed E-state index contributed by atoms with van der Waals surface area (Å²) < 4.78 is 4.93. The van der Waals surface area contributed by atoms with Gasteiger partial charge in [-0.05, 0) is 18.1 Å². The number of anilines is 2. The topological polar surface area (TPSA) is 76.1 Å². The molecule has 0 atom stereocenters. The lowest BCUT2D eigenvalue weighted by Crippen LogP contribution is -2.15. The summed E-state index contributed by atoms with van der Waals surface area (Å²) in [5, 5.41) is 5.89. The van der Waals surface area contributed by atoms with Gasteiger partial charge < -0.3 is 15.4 Å². The number of aryl methyl sites for hydroxylation is 1. The highest BCUT2D eigenvalue weighted by atomic mass is 16.5. The van der Waals surface area contributed by atoms with E-state index in [9.17, 15) is 4.79 Å². The number of nitrogens with one attached hydrogen (secondary N) is 2. The first kappa shape index (κ1) is 15.9. The predicted molar refractivity (Wildman–Crippen MR) is 86.2 cm³/mol. The first-order chi connectivity index (χ1) is 10.7. The number of carbonyl (C=O) groups is 1. The average molecular weight is 300 g/mol. The van der Waals surface area contributed by atoms with Crippen molar-refractivity contribution in [1.82, 2.24) is 9.97 Å². The second-order valence-corrected chi connectivity index (χ2v) is 4.68. The normalized spacial score (nSPS) is 10.3. The molecule has 0 spiro atoms. The van der Waals surface area contributed by atoms with Crippen LogP contribution in [-0.2, 0) is 11.2 Å². The predicted octanol–water partition coefficient (Wildman–Crippen LogP) is 2.35. The van der Waals surface area contributed by atoms with Gasteiger partial charge in [0.25, 0.3) is 5.91 Å². The van der Waals surface area contributed by atoms with Crippen LogP contribution in [0.5, 0.6) is 0 Å². The zero-order chi connectivity index (χ0) is 15.8. The van der Waals surface area contributed by atoms with Gasteiger partial charge in [0.05, 0.1) is 12.2 Å². The molecule has 0 aliphatic heterocycles. The average Bonchev–Trinajstić information content (AvgIpc) is 2.56. The van der Waals surface area contributed by atoms with Crippen molar-refractivity contribution in [2.75, 3.05) is 30.9 Å². The minimum absolute atomic E-state index is 0.218. The summed E-state index contributed by atoms with van der Waals surface area (Å²) in [6.07, 6.45) is 3.87. The molecule has 0 radical (unpaired) electrons. The van der Waals surface area contributed by atoms with E-state index >= 15 is 0 Å². The fraction of sp³-hybridized carbons (Fsp3) is 0.312. The molecule has 6 nitrogen and oxygen atoms in total. The van der Waals surface area contributed by atoms with Gasteiger partial charge in [-0.25, -0.2) is 9.97 Å². The quantitative estimate of drug-likeness (QED) is 0.768. The summed E-state index contributed by atoms with van der Waals surface area (Å²) in [4.78, 5) is 20.5. The summed E-state index contributed by atoms with van der Waals surface area (Å²) in [7, 11) is 1.63. The number of benzene rings is 1. The summed E-state index contributed by atoms with van der Waals surface area (Å²) >= 11 is 0. The van der Waals surface area contributed by atoms with E-state index in [1.54, 1.807) is 7.11 Å². The fourth-order valence-electron chi connectivity index (χ4n) is 1.95. The molecule has 6 heteroatoms. The third-order valence-corrected chi connectivity index (χ3v) is 3.15. The molecule has 0 unspecified atom stereocenters. The molecule has 1 aromatic heterocycles. The Morgan fingerprint density at radius 2 is 1.95 bits per heavy atom. The van der Waals surface area contributed by atoms with E-state index in [1.165, 1.54) is 12.4 Å². The Bertz CT molecular complexity index is 614. The molecule has 2 aromatic rings. The maximum atomic E-state index is 12.2. The molecule has 22 heavy (non-hydrogen) atoms. The van der Waals surface area contributed by atoms with Crippen molar-refractivity contribution in [3.63, 3.8) is 0 Å². The van der Waals surface area contributed by atoms with Gasteiger partial charge in [-0.1, -0.05) is 25.1 Å². The number of aromatic nitrogens is 2. The monoisotopic (exact) mass is 300 g/mol. The molecule has 116 valence electrons. The van der Waals surface area contributed by atoms with Gasteiger partial charge in [-0.2, -0.15) is 0 Å². The molecule has 2 rings (SSSR count). The van der Waals surface area contributed by atoms with Crippen LogP contribution in [0.2, 0.25) is 0 Å². The minimum atomic E-state index is -0.218. The Kier molecular flexibility index (Phi) is 5.85. The molecule has 0 aliphatic rings. The van der Waals surface area contributed by atoms with Gasteiger partial charge in [0, 0.05) is 31.7 Å². The SMILES string of the molecule is CCc1ccccc1NC(=O)c1cnc(NCCOC)nc1. The Balaban J connectivity index is 2.00. The molecule has 2 N–H and O–H groups in total. The molecular formula is C16H20N4O2. The van der Waals surface area contributed by atoms with E-state index in [4.69, 9.17) is 4.74 Å². The maximum Gasteiger partial charge on any atom is 0.258 e. The fourth-order valence-corrected chi connectivity index (χ4v) is 1.95. The first-order valence-electron chi connectivity index (χ1n) is 7.18. The second kappa shape index (κ2) is 8.09. The van der Waals surface area contributed by atoms with Crippen molar-refractivity contribution in [1.29, 1.82) is 0 Å². The van der Waals surface area contributed by atoms with Crippen molar-refractivity contribution in [3.8, 4) is 0 Å². The Morgan fingerprint density at radius 1 is 1.23 bits per heavy atom. The lowest BCUT2D eigenvalue weighted by atomic mass is 10.1. The number of hydrogen-bond acceptors (Lipinski definition) is 5. The van der Waals surface area contributed by atoms with Crippen LogP contribution in [0.3, 0.4) is 0 Å². The third-order valence-electron chi connectivity index (χ3n) is 3.15. The molecule has 0 bridgehead atoms. The largest absolute Gasteiger partial charge is 0.383 e. The van der Waals surface area contributed by atoms with E-state index < -0.39 is 0 Å². The van der Waals surface area contributed by atoms with Crippen LogP contribution in [0.25, 0.3) is 0 Å². The number of nitrogens with zero attached hydrogens (tertiary/aromatic N) is 2.